The Morgan fingerprint density at radius 2 is 1.79 bits per heavy atom. The summed E-state index contributed by atoms with van der Waals surface area (Å²) in [4.78, 5) is 16.6. The van der Waals surface area contributed by atoms with Crippen molar-refractivity contribution in [3.63, 3.8) is 0 Å². The van der Waals surface area contributed by atoms with Crippen LogP contribution in [0.25, 0.3) is 11.3 Å². The second kappa shape index (κ2) is 10.5. The molecule has 152 valence electrons. The van der Waals surface area contributed by atoms with Crippen LogP contribution in [-0.2, 0) is 6.42 Å². The SMILES string of the molecule is CCCOc1ccc(-c2csc(NC(=O)NCCc3ccc(OC)cc3)n2)cc1. The van der Waals surface area contributed by atoms with E-state index in [1.165, 1.54) is 11.3 Å². The van der Waals surface area contributed by atoms with E-state index in [0.717, 1.165) is 41.2 Å². The van der Waals surface area contributed by atoms with Crippen LogP contribution in [-0.4, -0.2) is 31.3 Å². The molecule has 3 rings (SSSR count). The zero-order valence-corrected chi connectivity index (χ0v) is 17.4. The van der Waals surface area contributed by atoms with Gasteiger partial charge in [0.15, 0.2) is 5.13 Å². The van der Waals surface area contributed by atoms with Gasteiger partial charge in [0.05, 0.1) is 19.4 Å². The first-order valence-electron chi connectivity index (χ1n) is 9.54. The van der Waals surface area contributed by atoms with Crippen molar-refractivity contribution in [3.8, 4) is 22.8 Å². The summed E-state index contributed by atoms with van der Waals surface area (Å²) in [5, 5.41) is 8.13. The minimum atomic E-state index is -0.261. The summed E-state index contributed by atoms with van der Waals surface area (Å²) in [6.45, 7) is 3.32. The van der Waals surface area contributed by atoms with Crippen molar-refractivity contribution in [2.45, 2.75) is 19.8 Å². The zero-order valence-electron chi connectivity index (χ0n) is 16.6. The van der Waals surface area contributed by atoms with E-state index in [9.17, 15) is 4.79 Å². The van der Waals surface area contributed by atoms with Crippen molar-refractivity contribution in [2.24, 2.45) is 0 Å². The summed E-state index contributed by atoms with van der Waals surface area (Å²) in [6, 6.07) is 15.4. The fraction of sp³-hybridized carbons (Fsp3) is 0.273. The van der Waals surface area contributed by atoms with Gasteiger partial charge in [0.2, 0.25) is 0 Å². The molecular weight excluding hydrogens is 386 g/mol. The van der Waals surface area contributed by atoms with Crippen LogP contribution in [0.15, 0.2) is 53.9 Å². The number of hydrogen-bond acceptors (Lipinski definition) is 5. The normalized spacial score (nSPS) is 10.4. The monoisotopic (exact) mass is 411 g/mol. The molecule has 2 amide bonds. The van der Waals surface area contributed by atoms with E-state index in [1.807, 2.05) is 53.9 Å². The Bertz CT molecular complexity index is 908. The number of rotatable bonds is 9. The smallest absolute Gasteiger partial charge is 0.321 e. The van der Waals surface area contributed by atoms with Crippen molar-refractivity contribution in [1.29, 1.82) is 0 Å². The summed E-state index contributed by atoms with van der Waals surface area (Å²) in [5.74, 6) is 1.67. The second-order valence-corrected chi connectivity index (χ2v) is 7.25. The van der Waals surface area contributed by atoms with E-state index in [4.69, 9.17) is 9.47 Å². The molecule has 0 fully saturated rings. The summed E-state index contributed by atoms with van der Waals surface area (Å²) < 4.78 is 10.7. The largest absolute Gasteiger partial charge is 0.497 e. The lowest BCUT2D eigenvalue weighted by Crippen LogP contribution is -2.30. The molecule has 0 aliphatic heterocycles. The third kappa shape index (κ3) is 6.22. The average Bonchev–Trinajstić information content (AvgIpc) is 3.21. The first-order chi connectivity index (χ1) is 14.2. The molecule has 2 aromatic carbocycles. The van der Waals surface area contributed by atoms with E-state index in [0.29, 0.717) is 18.3 Å². The number of hydrogen-bond donors (Lipinski definition) is 2. The Morgan fingerprint density at radius 3 is 2.48 bits per heavy atom. The Balaban J connectivity index is 1.46. The van der Waals surface area contributed by atoms with Crippen LogP contribution < -0.4 is 20.1 Å². The first-order valence-corrected chi connectivity index (χ1v) is 10.4. The van der Waals surface area contributed by atoms with Gasteiger partial charge in [0.25, 0.3) is 0 Å². The van der Waals surface area contributed by atoms with Gasteiger partial charge in [-0.2, -0.15) is 0 Å². The van der Waals surface area contributed by atoms with E-state index in [2.05, 4.69) is 22.5 Å². The number of aromatic nitrogens is 1. The highest BCUT2D eigenvalue weighted by atomic mass is 32.1. The molecule has 2 N–H and O–H groups in total. The Labute approximate surface area is 174 Å². The second-order valence-electron chi connectivity index (χ2n) is 6.39. The number of benzene rings is 2. The lowest BCUT2D eigenvalue weighted by Gasteiger charge is -2.06. The number of nitrogens with one attached hydrogen (secondary N) is 2. The number of carbonyl (C=O) groups excluding carboxylic acids is 1. The quantitative estimate of drug-likeness (QED) is 0.521. The van der Waals surface area contributed by atoms with Gasteiger partial charge >= 0.3 is 6.03 Å². The molecule has 6 nitrogen and oxygen atoms in total. The van der Waals surface area contributed by atoms with E-state index in [-0.39, 0.29) is 6.03 Å². The fourth-order valence-electron chi connectivity index (χ4n) is 2.66. The molecule has 0 atom stereocenters. The minimum absolute atomic E-state index is 0.261. The van der Waals surface area contributed by atoms with Crippen molar-refractivity contribution in [3.05, 3.63) is 59.5 Å². The Kier molecular flexibility index (Phi) is 7.47. The van der Waals surface area contributed by atoms with Gasteiger partial charge in [-0.3, -0.25) is 5.32 Å². The average molecular weight is 412 g/mol. The van der Waals surface area contributed by atoms with Gasteiger partial charge in [-0.15, -0.1) is 11.3 Å². The number of methoxy groups -OCH3 is 1. The molecular formula is C22H25N3O3S. The van der Waals surface area contributed by atoms with Crippen LogP contribution >= 0.6 is 11.3 Å². The summed E-state index contributed by atoms with van der Waals surface area (Å²) in [6.07, 6.45) is 1.72. The highest BCUT2D eigenvalue weighted by Crippen LogP contribution is 2.26. The molecule has 29 heavy (non-hydrogen) atoms. The zero-order chi connectivity index (χ0) is 20.5. The van der Waals surface area contributed by atoms with Crippen LogP contribution in [0, 0.1) is 0 Å². The maximum Gasteiger partial charge on any atom is 0.321 e. The highest BCUT2D eigenvalue weighted by Gasteiger charge is 2.08. The van der Waals surface area contributed by atoms with Crippen LogP contribution in [0.4, 0.5) is 9.93 Å². The van der Waals surface area contributed by atoms with Crippen molar-refractivity contribution < 1.29 is 14.3 Å². The molecule has 0 bridgehead atoms. The lowest BCUT2D eigenvalue weighted by molar-refractivity contribution is 0.252. The minimum Gasteiger partial charge on any atom is -0.497 e. The van der Waals surface area contributed by atoms with Crippen molar-refractivity contribution in [1.82, 2.24) is 10.3 Å². The van der Waals surface area contributed by atoms with Gasteiger partial charge in [-0.25, -0.2) is 9.78 Å². The summed E-state index contributed by atoms with van der Waals surface area (Å²) in [5.41, 5.74) is 2.94. The van der Waals surface area contributed by atoms with Crippen LogP contribution in [0.3, 0.4) is 0 Å². The predicted octanol–water partition coefficient (Wildman–Crippen LogP) is 4.97. The molecule has 7 heteroatoms. The number of anilines is 1. The molecule has 3 aromatic rings. The lowest BCUT2D eigenvalue weighted by atomic mass is 10.1. The van der Waals surface area contributed by atoms with Crippen molar-refractivity contribution in [2.75, 3.05) is 25.6 Å². The summed E-state index contributed by atoms with van der Waals surface area (Å²) in [7, 11) is 1.64. The van der Waals surface area contributed by atoms with Crippen LogP contribution in [0.5, 0.6) is 11.5 Å². The van der Waals surface area contributed by atoms with E-state index < -0.39 is 0 Å². The molecule has 1 aromatic heterocycles. The summed E-state index contributed by atoms with van der Waals surface area (Å²) >= 11 is 1.40. The van der Waals surface area contributed by atoms with Crippen molar-refractivity contribution >= 4 is 22.5 Å². The van der Waals surface area contributed by atoms with Gasteiger partial charge in [-0.1, -0.05) is 19.1 Å². The molecule has 0 saturated heterocycles. The van der Waals surface area contributed by atoms with Gasteiger partial charge in [0, 0.05) is 17.5 Å². The molecule has 0 radical (unpaired) electrons. The number of carbonyl (C=O) groups is 1. The van der Waals surface area contributed by atoms with E-state index in [1.54, 1.807) is 7.11 Å². The van der Waals surface area contributed by atoms with Gasteiger partial charge in [-0.05, 0) is 54.8 Å². The number of urea groups is 1. The molecule has 0 unspecified atom stereocenters. The maximum absolute atomic E-state index is 12.1. The van der Waals surface area contributed by atoms with Gasteiger partial charge < -0.3 is 14.8 Å². The standard InChI is InChI=1S/C22H25N3O3S/c1-3-14-28-19-10-6-17(7-11-19)20-15-29-22(24-20)25-21(26)23-13-12-16-4-8-18(27-2)9-5-16/h4-11,15H,3,12-14H2,1-2H3,(H2,23,24,25,26). The number of nitrogens with zero attached hydrogens (tertiary/aromatic N) is 1. The third-order valence-corrected chi connectivity index (χ3v) is 4.96. The first kappa shape index (κ1) is 20.7. The molecule has 0 spiro atoms. The Hall–Kier alpha value is -3.06. The molecule has 0 saturated carbocycles. The predicted molar refractivity (Wildman–Crippen MR) is 117 cm³/mol. The number of amides is 2. The fourth-order valence-corrected chi connectivity index (χ4v) is 3.37. The molecule has 0 aliphatic rings. The number of thiazole rings is 1. The number of ether oxygens (including phenoxy) is 2. The molecule has 0 aliphatic carbocycles. The highest BCUT2D eigenvalue weighted by molar-refractivity contribution is 7.14. The van der Waals surface area contributed by atoms with Crippen LogP contribution in [0.2, 0.25) is 0 Å². The topological polar surface area (TPSA) is 72.5 Å². The maximum atomic E-state index is 12.1. The van der Waals surface area contributed by atoms with E-state index >= 15 is 0 Å². The Morgan fingerprint density at radius 1 is 1.07 bits per heavy atom. The molecule has 1 heterocycles. The van der Waals surface area contributed by atoms with Crippen LogP contribution in [0.1, 0.15) is 18.9 Å². The third-order valence-electron chi connectivity index (χ3n) is 4.21. The van der Waals surface area contributed by atoms with Gasteiger partial charge in [0.1, 0.15) is 11.5 Å².